The van der Waals surface area contributed by atoms with E-state index in [9.17, 15) is 9.59 Å². The third-order valence-corrected chi connectivity index (χ3v) is 3.99. The van der Waals surface area contributed by atoms with Crippen LogP contribution in [0.25, 0.3) is 0 Å². The second kappa shape index (κ2) is 10.8. The number of hydrogen-bond acceptors (Lipinski definition) is 6. The van der Waals surface area contributed by atoms with Gasteiger partial charge in [-0.05, 0) is 67.8 Å². The van der Waals surface area contributed by atoms with Gasteiger partial charge in [-0.2, -0.15) is 0 Å². The molecule has 148 valence electrons. The Kier molecular flexibility index (Phi) is 8.09. The molecule has 0 aliphatic heterocycles. The second-order valence-electron chi connectivity index (χ2n) is 6.07. The minimum atomic E-state index is -0.424. The summed E-state index contributed by atoms with van der Waals surface area (Å²) in [6.45, 7) is 6.11. The summed E-state index contributed by atoms with van der Waals surface area (Å²) in [6.07, 6.45) is 2.59. The predicted molar refractivity (Wildman–Crippen MR) is 108 cm³/mol. The van der Waals surface area contributed by atoms with E-state index in [0.717, 1.165) is 23.7 Å². The first kappa shape index (κ1) is 21.0. The fourth-order valence-corrected chi connectivity index (χ4v) is 2.46. The number of rotatable bonds is 10. The van der Waals surface area contributed by atoms with Crippen molar-refractivity contribution in [2.45, 2.75) is 19.8 Å². The van der Waals surface area contributed by atoms with Crippen molar-refractivity contribution in [2.24, 2.45) is 0 Å². The number of unbranched alkanes of at least 4 members (excludes halogenated alkanes) is 1. The van der Waals surface area contributed by atoms with Gasteiger partial charge in [-0.25, -0.2) is 9.59 Å². The molecule has 0 saturated heterocycles. The minimum Gasteiger partial charge on any atom is -0.494 e. The summed E-state index contributed by atoms with van der Waals surface area (Å²) in [5.74, 6) is 0.316. The highest BCUT2D eigenvalue weighted by molar-refractivity contribution is 5.91. The number of ether oxygens (including phenoxy) is 3. The maximum absolute atomic E-state index is 12.3. The van der Waals surface area contributed by atoms with Gasteiger partial charge >= 0.3 is 11.9 Å². The molecule has 2 rings (SSSR count). The van der Waals surface area contributed by atoms with Crippen LogP contribution in [0.4, 0.5) is 5.69 Å². The van der Waals surface area contributed by atoms with Crippen LogP contribution in [0, 0.1) is 6.92 Å². The zero-order valence-corrected chi connectivity index (χ0v) is 16.2. The minimum absolute atomic E-state index is 0.341. The molecule has 0 heterocycles. The molecular weight excluding hydrogens is 358 g/mol. The topological polar surface area (TPSA) is 73.9 Å². The van der Waals surface area contributed by atoms with E-state index in [2.05, 4.69) is 11.9 Å². The Hall–Kier alpha value is -3.28. The number of carbonyl (C=O) groups is 2. The lowest BCUT2D eigenvalue weighted by atomic mass is 10.2. The summed E-state index contributed by atoms with van der Waals surface area (Å²) in [7, 11) is 1.84. The van der Waals surface area contributed by atoms with Crippen LogP contribution in [0.5, 0.6) is 11.5 Å². The molecule has 2 aromatic carbocycles. The fourth-order valence-electron chi connectivity index (χ4n) is 2.46. The summed E-state index contributed by atoms with van der Waals surface area (Å²) < 4.78 is 15.9. The van der Waals surface area contributed by atoms with Crippen LogP contribution >= 0.6 is 0 Å². The highest BCUT2D eigenvalue weighted by Gasteiger charge is 2.10. The van der Waals surface area contributed by atoms with Crippen molar-refractivity contribution >= 4 is 17.6 Å². The lowest BCUT2D eigenvalue weighted by Gasteiger charge is -2.09. The van der Waals surface area contributed by atoms with Gasteiger partial charge in [0.05, 0.1) is 18.8 Å². The predicted octanol–water partition coefficient (Wildman–Crippen LogP) is 4.14. The first-order valence-electron chi connectivity index (χ1n) is 9.06. The quantitative estimate of drug-likeness (QED) is 0.288. The molecule has 6 nitrogen and oxygen atoms in total. The zero-order valence-electron chi connectivity index (χ0n) is 16.2. The first-order valence-corrected chi connectivity index (χ1v) is 9.06. The first-order chi connectivity index (χ1) is 13.5. The number of esters is 2. The van der Waals surface area contributed by atoms with Crippen molar-refractivity contribution < 1.29 is 23.8 Å². The lowest BCUT2D eigenvalue weighted by Crippen LogP contribution is -2.09. The lowest BCUT2D eigenvalue weighted by molar-refractivity contribution is -0.137. The van der Waals surface area contributed by atoms with Crippen LogP contribution in [0.15, 0.2) is 55.1 Å². The van der Waals surface area contributed by atoms with Crippen molar-refractivity contribution in [3.05, 3.63) is 66.2 Å². The molecule has 0 amide bonds. The van der Waals surface area contributed by atoms with Gasteiger partial charge in [0.15, 0.2) is 0 Å². The molecule has 0 radical (unpaired) electrons. The SMILES string of the molecule is C=CC(=O)OCCCCOc1ccc(C(=O)Oc2ccc(NC)c(C)c2)cc1. The molecule has 6 heteroatoms. The van der Waals surface area contributed by atoms with Gasteiger partial charge in [-0.1, -0.05) is 6.58 Å². The molecule has 0 unspecified atom stereocenters. The molecule has 2 aromatic rings. The molecule has 28 heavy (non-hydrogen) atoms. The molecule has 0 saturated carbocycles. The van der Waals surface area contributed by atoms with Gasteiger partial charge in [0.25, 0.3) is 0 Å². The molecular formula is C22H25NO5. The summed E-state index contributed by atoms with van der Waals surface area (Å²) in [4.78, 5) is 23.2. The van der Waals surface area contributed by atoms with Gasteiger partial charge in [0.1, 0.15) is 11.5 Å². The van der Waals surface area contributed by atoms with Crippen LogP contribution in [-0.2, 0) is 9.53 Å². The van der Waals surface area contributed by atoms with Crippen molar-refractivity contribution in [3.63, 3.8) is 0 Å². The molecule has 0 spiro atoms. The molecule has 0 aliphatic carbocycles. The van der Waals surface area contributed by atoms with Gasteiger partial charge < -0.3 is 19.5 Å². The highest BCUT2D eigenvalue weighted by Crippen LogP contribution is 2.22. The van der Waals surface area contributed by atoms with Crippen LogP contribution < -0.4 is 14.8 Å². The molecule has 0 fully saturated rings. The zero-order chi connectivity index (χ0) is 20.4. The van der Waals surface area contributed by atoms with E-state index >= 15 is 0 Å². The van der Waals surface area contributed by atoms with E-state index in [4.69, 9.17) is 14.2 Å². The van der Waals surface area contributed by atoms with E-state index in [1.54, 1.807) is 30.3 Å². The van der Waals surface area contributed by atoms with E-state index in [0.29, 0.717) is 36.7 Å². The third-order valence-electron chi connectivity index (χ3n) is 3.99. The highest BCUT2D eigenvalue weighted by atomic mass is 16.5. The van der Waals surface area contributed by atoms with E-state index in [1.165, 1.54) is 0 Å². The van der Waals surface area contributed by atoms with Crippen molar-refractivity contribution in [1.82, 2.24) is 0 Å². The second-order valence-corrected chi connectivity index (χ2v) is 6.07. The summed E-state index contributed by atoms with van der Waals surface area (Å²) in [5.41, 5.74) is 2.43. The van der Waals surface area contributed by atoms with Crippen LogP contribution in [0.3, 0.4) is 0 Å². The Bertz CT molecular complexity index is 814. The molecule has 1 N–H and O–H groups in total. The number of hydrogen-bond donors (Lipinski definition) is 1. The Morgan fingerprint density at radius 2 is 1.71 bits per heavy atom. The van der Waals surface area contributed by atoms with Gasteiger partial charge in [-0.15, -0.1) is 0 Å². The maximum atomic E-state index is 12.3. The number of carbonyl (C=O) groups excluding carboxylic acids is 2. The molecule has 0 aromatic heterocycles. The van der Waals surface area contributed by atoms with Gasteiger partial charge in [0.2, 0.25) is 0 Å². The Balaban J connectivity index is 1.78. The Morgan fingerprint density at radius 3 is 2.36 bits per heavy atom. The Morgan fingerprint density at radius 1 is 1.04 bits per heavy atom. The monoisotopic (exact) mass is 383 g/mol. The van der Waals surface area contributed by atoms with Gasteiger partial charge in [0, 0.05) is 18.8 Å². The smallest absolute Gasteiger partial charge is 0.343 e. The molecule has 0 aliphatic rings. The Labute approximate surface area is 165 Å². The number of aryl methyl sites for hydroxylation is 1. The summed E-state index contributed by atoms with van der Waals surface area (Å²) in [6, 6.07) is 12.2. The van der Waals surface area contributed by atoms with E-state index in [-0.39, 0.29) is 0 Å². The normalized spacial score (nSPS) is 10.1. The molecule has 0 atom stereocenters. The molecule has 0 bridgehead atoms. The average Bonchev–Trinajstić information content (AvgIpc) is 2.71. The van der Waals surface area contributed by atoms with Crippen molar-refractivity contribution in [1.29, 1.82) is 0 Å². The third kappa shape index (κ3) is 6.46. The van der Waals surface area contributed by atoms with E-state index in [1.807, 2.05) is 26.1 Å². The van der Waals surface area contributed by atoms with E-state index < -0.39 is 11.9 Å². The maximum Gasteiger partial charge on any atom is 0.343 e. The largest absolute Gasteiger partial charge is 0.494 e. The van der Waals surface area contributed by atoms with Crippen molar-refractivity contribution in [3.8, 4) is 11.5 Å². The summed E-state index contributed by atoms with van der Waals surface area (Å²) >= 11 is 0. The number of nitrogens with one attached hydrogen (secondary N) is 1. The van der Waals surface area contributed by atoms with Gasteiger partial charge in [-0.3, -0.25) is 0 Å². The fraction of sp³-hybridized carbons (Fsp3) is 0.273. The number of benzene rings is 2. The van der Waals surface area contributed by atoms with Crippen LogP contribution in [-0.4, -0.2) is 32.2 Å². The van der Waals surface area contributed by atoms with Crippen molar-refractivity contribution in [2.75, 3.05) is 25.6 Å². The summed E-state index contributed by atoms with van der Waals surface area (Å²) in [5, 5.41) is 3.07. The van der Waals surface area contributed by atoms with Crippen LogP contribution in [0.2, 0.25) is 0 Å². The standard InChI is InChI=1S/C22H25NO5/c1-4-21(24)27-14-6-5-13-26-18-9-7-17(8-10-18)22(25)28-19-11-12-20(23-3)16(2)15-19/h4,7-12,15,23H,1,5-6,13-14H2,2-3H3. The van der Waals surface area contributed by atoms with Crippen LogP contribution in [0.1, 0.15) is 28.8 Å². The number of anilines is 1. The average molecular weight is 383 g/mol.